The molecule has 0 saturated heterocycles. The van der Waals surface area contributed by atoms with E-state index in [2.05, 4.69) is 12.5 Å². The summed E-state index contributed by atoms with van der Waals surface area (Å²) in [5, 5.41) is 8.94. The van der Waals surface area contributed by atoms with E-state index in [1.807, 2.05) is 12.1 Å². The van der Waals surface area contributed by atoms with E-state index in [1.165, 1.54) is 4.90 Å². The summed E-state index contributed by atoms with van der Waals surface area (Å²) in [7, 11) is -10.4. The van der Waals surface area contributed by atoms with Crippen molar-refractivity contribution in [3.8, 4) is 5.75 Å². The van der Waals surface area contributed by atoms with Crippen molar-refractivity contribution in [2.45, 2.75) is 4.90 Å². The van der Waals surface area contributed by atoms with Gasteiger partial charge in [-0.25, -0.2) is 0 Å². The summed E-state index contributed by atoms with van der Waals surface area (Å²) in [5.74, 6) is 0.342. The molecule has 1 aromatic rings. The second kappa shape index (κ2) is 4.24. The Morgan fingerprint density at radius 1 is 0.882 bits per heavy atom. The van der Waals surface area contributed by atoms with Gasteiger partial charge in [-0.2, -0.15) is 0 Å². The fourth-order valence-electron chi connectivity index (χ4n) is 0.718. The molecule has 102 valence electrons. The fraction of sp³-hybridized carbons (Fsp3) is 0.250. The molecular formula is C8H11F6OPS. The van der Waals surface area contributed by atoms with E-state index in [-0.39, 0.29) is 0 Å². The van der Waals surface area contributed by atoms with Gasteiger partial charge < -0.3 is 5.11 Å². The zero-order chi connectivity index (χ0) is 14.0. The zero-order valence-electron chi connectivity index (χ0n) is 8.88. The standard InChI is InChI=1S/C8H10OS.F6P/c1-10(2)8-5-3-7(9)4-6-8;1-7(2,3,4,5)6/h3-6H,1-2H3;/q;-1/p+1. The zero-order valence-corrected chi connectivity index (χ0v) is 10.6. The molecule has 0 aliphatic heterocycles. The van der Waals surface area contributed by atoms with Gasteiger partial charge in [0.25, 0.3) is 0 Å². The van der Waals surface area contributed by atoms with Gasteiger partial charge in [0.05, 0.1) is 0 Å². The Morgan fingerprint density at radius 3 is 1.41 bits per heavy atom. The van der Waals surface area contributed by atoms with Crippen LogP contribution in [0, 0.1) is 0 Å². The van der Waals surface area contributed by atoms with Crippen molar-refractivity contribution in [2.75, 3.05) is 12.5 Å². The van der Waals surface area contributed by atoms with Crippen molar-refractivity contribution in [1.82, 2.24) is 0 Å². The molecule has 1 rings (SSSR count). The third kappa shape index (κ3) is 15.4. The molecule has 0 heterocycles. The molecule has 0 aliphatic carbocycles. The number of phenolic OH excluding ortho intramolecular Hbond substituents is 1. The molecule has 1 nitrogen and oxygen atoms in total. The molecule has 0 spiro atoms. The van der Waals surface area contributed by atoms with E-state index in [0.29, 0.717) is 16.6 Å². The van der Waals surface area contributed by atoms with Crippen LogP contribution in [0.15, 0.2) is 29.2 Å². The topological polar surface area (TPSA) is 20.2 Å². The van der Waals surface area contributed by atoms with E-state index in [1.54, 1.807) is 12.1 Å². The predicted molar refractivity (Wildman–Crippen MR) is 59.2 cm³/mol. The van der Waals surface area contributed by atoms with Crippen molar-refractivity contribution < 1.29 is 30.3 Å². The quantitative estimate of drug-likeness (QED) is 0.439. The van der Waals surface area contributed by atoms with Crippen LogP contribution in [0.1, 0.15) is 0 Å². The van der Waals surface area contributed by atoms with Crippen LogP contribution in [0.5, 0.6) is 5.75 Å². The molecule has 0 fully saturated rings. The van der Waals surface area contributed by atoms with Crippen LogP contribution in [0.3, 0.4) is 0 Å². The molecule has 0 saturated carbocycles. The summed E-state index contributed by atoms with van der Waals surface area (Å²) in [5.41, 5.74) is 0. The number of benzene rings is 1. The molecule has 9 heteroatoms. The fourth-order valence-corrected chi connectivity index (χ4v) is 1.40. The van der Waals surface area contributed by atoms with E-state index in [4.69, 9.17) is 5.11 Å². The van der Waals surface area contributed by atoms with Crippen LogP contribution in [0.25, 0.3) is 0 Å². The maximum absolute atomic E-state index is 10.7. The minimum absolute atomic E-state index is 0.302. The first kappa shape index (κ1) is 16.4. The number of hydrogen-bond donors (Lipinski definition) is 1. The maximum atomic E-state index is 9.87. The van der Waals surface area contributed by atoms with Gasteiger partial charge in [0, 0.05) is 10.9 Å². The van der Waals surface area contributed by atoms with Gasteiger partial charge in [-0.3, -0.25) is 0 Å². The Bertz CT molecular complexity index is 358. The first-order valence-corrected chi connectivity index (χ1v) is 8.15. The van der Waals surface area contributed by atoms with Crippen molar-refractivity contribution in [1.29, 1.82) is 0 Å². The van der Waals surface area contributed by atoms with E-state index >= 15 is 0 Å². The Labute approximate surface area is 97.0 Å². The monoisotopic (exact) mass is 300 g/mol. The van der Waals surface area contributed by atoms with Gasteiger partial charge in [-0.1, -0.05) is 0 Å². The summed E-state index contributed by atoms with van der Waals surface area (Å²) < 4.78 is 59.2. The number of aromatic hydroxyl groups is 1. The van der Waals surface area contributed by atoms with Crippen LogP contribution >= 0.6 is 7.81 Å². The number of hydrogen-bond acceptors (Lipinski definition) is 1. The van der Waals surface area contributed by atoms with Gasteiger partial charge in [0.15, 0.2) is 4.90 Å². The third-order valence-corrected chi connectivity index (χ3v) is 2.52. The van der Waals surface area contributed by atoms with Crippen LogP contribution in [0.4, 0.5) is 25.2 Å². The second-order valence-electron chi connectivity index (χ2n) is 3.27. The summed E-state index contributed by atoms with van der Waals surface area (Å²) in [6.07, 6.45) is 4.32. The van der Waals surface area contributed by atoms with Crippen LogP contribution in [-0.2, 0) is 10.9 Å². The molecule has 0 unspecified atom stereocenters. The summed E-state index contributed by atoms with van der Waals surface area (Å²) in [6.45, 7) is 0. The average Bonchev–Trinajstić information content (AvgIpc) is 1.98. The molecule has 17 heavy (non-hydrogen) atoms. The van der Waals surface area contributed by atoms with Gasteiger partial charge >= 0.3 is 33.0 Å². The van der Waals surface area contributed by atoms with E-state index < -0.39 is 7.81 Å². The Kier molecular flexibility index (Phi) is 4.09. The van der Waals surface area contributed by atoms with Gasteiger partial charge in [0.1, 0.15) is 18.3 Å². The van der Waals surface area contributed by atoms with Gasteiger partial charge in [0.2, 0.25) is 0 Å². The third-order valence-electron chi connectivity index (χ3n) is 1.31. The molecule has 0 radical (unpaired) electrons. The van der Waals surface area contributed by atoms with Crippen molar-refractivity contribution in [3.05, 3.63) is 24.3 Å². The van der Waals surface area contributed by atoms with Crippen LogP contribution in [0.2, 0.25) is 0 Å². The molecule has 0 aliphatic rings. The number of rotatable bonds is 1. The minimum atomic E-state index is -10.7. The van der Waals surface area contributed by atoms with E-state index in [9.17, 15) is 25.2 Å². The second-order valence-corrected chi connectivity index (χ2v) is 7.29. The molecule has 1 aromatic carbocycles. The first-order valence-electron chi connectivity index (χ1n) is 4.08. The van der Waals surface area contributed by atoms with Gasteiger partial charge in [-0.15, -0.1) is 0 Å². The van der Waals surface area contributed by atoms with Crippen molar-refractivity contribution in [3.63, 3.8) is 0 Å². The Hall–Kier alpha value is -0.620. The summed E-state index contributed by atoms with van der Waals surface area (Å²) in [6, 6.07) is 7.36. The molecular weight excluding hydrogens is 289 g/mol. The van der Waals surface area contributed by atoms with E-state index in [0.717, 1.165) is 0 Å². The predicted octanol–water partition coefficient (Wildman–Crippen LogP) is 5.01. The van der Waals surface area contributed by atoms with Crippen LogP contribution < -0.4 is 0 Å². The molecule has 0 bridgehead atoms. The van der Waals surface area contributed by atoms with Crippen molar-refractivity contribution >= 4 is 18.7 Å². The van der Waals surface area contributed by atoms with Gasteiger partial charge in [-0.05, 0) is 24.3 Å². The molecule has 1 N–H and O–H groups in total. The first-order chi connectivity index (χ1) is 7.15. The number of halogens is 6. The summed E-state index contributed by atoms with van der Waals surface area (Å²) >= 11 is 0. The average molecular weight is 300 g/mol. The SMILES string of the molecule is C[S+](C)c1ccc(O)cc1.F[P-](F)(F)(F)(F)F. The normalized spacial score (nSPS) is 15.6. The molecule has 0 aromatic heterocycles. The Morgan fingerprint density at radius 2 is 1.18 bits per heavy atom. The summed E-state index contributed by atoms with van der Waals surface area (Å²) in [4.78, 5) is 1.29. The van der Waals surface area contributed by atoms with Crippen LogP contribution in [-0.4, -0.2) is 17.6 Å². The Balaban J connectivity index is 0.000000325. The molecule has 0 amide bonds. The number of phenols is 1. The van der Waals surface area contributed by atoms with Crippen molar-refractivity contribution in [2.24, 2.45) is 0 Å². The molecule has 0 atom stereocenters.